The molecule has 0 atom stereocenters. The van der Waals surface area contributed by atoms with E-state index in [1.165, 1.54) is 56.9 Å². The van der Waals surface area contributed by atoms with Crippen LogP contribution in [-0.2, 0) is 11.3 Å². The number of benzene rings is 1. The summed E-state index contributed by atoms with van der Waals surface area (Å²) in [6.07, 6.45) is 15.3. The second kappa shape index (κ2) is 8.98. The van der Waals surface area contributed by atoms with Gasteiger partial charge in [-0.1, -0.05) is 24.3 Å². The molecule has 0 amide bonds. The standard InChI is InChI=1S/C23H33FO/c1-3-4-17-5-7-18(8-6-17)19-9-11-20(12-10-19)21-13-14-22(16-25-2)23(24)15-21/h3-4,13-15,17-20H,5-12,16H2,1-2H3/b4-3+/t17-,18-,19?,20?. The molecule has 0 bridgehead atoms. The molecule has 1 aromatic rings. The van der Waals surface area contributed by atoms with Gasteiger partial charge in [-0.15, -0.1) is 0 Å². The lowest BCUT2D eigenvalue weighted by molar-refractivity contribution is 0.171. The summed E-state index contributed by atoms with van der Waals surface area (Å²) in [4.78, 5) is 0. The van der Waals surface area contributed by atoms with Crippen molar-refractivity contribution in [3.63, 3.8) is 0 Å². The lowest BCUT2D eigenvalue weighted by Gasteiger charge is -2.37. The Bertz CT molecular complexity index is 563. The highest BCUT2D eigenvalue weighted by Gasteiger charge is 2.30. The minimum atomic E-state index is -0.108. The van der Waals surface area contributed by atoms with Gasteiger partial charge in [0.1, 0.15) is 5.82 Å². The molecule has 0 radical (unpaired) electrons. The summed E-state index contributed by atoms with van der Waals surface area (Å²) in [5, 5.41) is 0. The van der Waals surface area contributed by atoms with E-state index in [4.69, 9.17) is 4.74 Å². The zero-order chi connectivity index (χ0) is 17.6. The third-order valence-corrected chi connectivity index (χ3v) is 6.57. The maximum atomic E-state index is 14.2. The number of halogens is 1. The Labute approximate surface area is 152 Å². The van der Waals surface area contributed by atoms with Crippen molar-refractivity contribution in [3.8, 4) is 0 Å². The van der Waals surface area contributed by atoms with Crippen LogP contribution in [0.25, 0.3) is 0 Å². The van der Waals surface area contributed by atoms with Gasteiger partial charge in [0, 0.05) is 12.7 Å². The fraction of sp³-hybridized carbons (Fsp3) is 0.652. The van der Waals surface area contributed by atoms with Gasteiger partial charge in [0.15, 0.2) is 0 Å². The fourth-order valence-electron chi connectivity index (χ4n) is 5.09. The molecule has 2 aliphatic rings. The largest absolute Gasteiger partial charge is 0.380 e. The Hall–Kier alpha value is -1.15. The Morgan fingerprint density at radius 3 is 2.20 bits per heavy atom. The molecule has 3 rings (SSSR count). The molecule has 2 aliphatic carbocycles. The maximum absolute atomic E-state index is 14.2. The van der Waals surface area contributed by atoms with Crippen molar-refractivity contribution in [3.05, 3.63) is 47.3 Å². The highest BCUT2D eigenvalue weighted by molar-refractivity contribution is 5.27. The predicted molar refractivity (Wildman–Crippen MR) is 102 cm³/mol. The Balaban J connectivity index is 1.51. The molecule has 2 fully saturated rings. The summed E-state index contributed by atoms with van der Waals surface area (Å²) >= 11 is 0. The van der Waals surface area contributed by atoms with Crippen molar-refractivity contribution >= 4 is 0 Å². The summed E-state index contributed by atoms with van der Waals surface area (Å²) in [5.41, 5.74) is 1.85. The van der Waals surface area contributed by atoms with Crippen molar-refractivity contribution in [1.82, 2.24) is 0 Å². The number of methoxy groups -OCH3 is 1. The van der Waals surface area contributed by atoms with Crippen LogP contribution >= 0.6 is 0 Å². The lowest BCUT2D eigenvalue weighted by atomic mass is 9.68. The number of ether oxygens (including phenoxy) is 1. The van der Waals surface area contributed by atoms with Crippen molar-refractivity contribution < 1.29 is 9.13 Å². The average Bonchev–Trinajstić information content (AvgIpc) is 2.65. The minimum absolute atomic E-state index is 0.108. The van der Waals surface area contributed by atoms with Crippen LogP contribution in [0.1, 0.15) is 75.3 Å². The zero-order valence-corrected chi connectivity index (χ0v) is 15.8. The molecular formula is C23H33FO. The molecule has 0 saturated heterocycles. The number of hydrogen-bond donors (Lipinski definition) is 0. The van der Waals surface area contributed by atoms with Crippen LogP contribution in [0.15, 0.2) is 30.4 Å². The van der Waals surface area contributed by atoms with E-state index < -0.39 is 0 Å². The van der Waals surface area contributed by atoms with Crippen LogP contribution in [0, 0.1) is 23.6 Å². The SMILES string of the molecule is C/C=C/[C@H]1CC[C@H](C2CCC(c3ccc(COC)c(F)c3)CC2)CC1. The fourth-order valence-corrected chi connectivity index (χ4v) is 5.09. The van der Waals surface area contributed by atoms with Gasteiger partial charge in [-0.3, -0.25) is 0 Å². The average molecular weight is 345 g/mol. The molecule has 1 nitrogen and oxygen atoms in total. The smallest absolute Gasteiger partial charge is 0.129 e. The molecule has 1 aromatic carbocycles. The third-order valence-electron chi connectivity index (χ3n) is 6.57. The number of rotatable bonds is 5. The van der Waals surface area contributed by atoms with E-state index >= 15 is 0 Å². The topological polar surface area (TPSA) is 9.23 Å². The number of allylic oxidation sites excluding steroid dienone is 2. The minimum Gasteiger partial charge on any atom is -0.380 e. The van der Waals surface area contributed by atoms with Crippen molar-refractivity contribution in [2.24, 2.45) is 17.8 Å². The first-order valence-electron chi connectivity index (χ1n) is 10.1. The van der Waals surface area contributed by atoms with Crippen LogP contribution in [0.2, 0.25) is 0 Å². The Morgan fingerprint density at radius 2 is 1.64 bits per heavy atom. The zero-order valence-electron chi connectivity index (χ0n) is 15.8. The summed E-state index contributed by atoms with van der Waals surface area (Å²) in [6.45, 7) is 2.49. The second-order valence-corrected chi connectivity index (χ2v) is 8.10. The van der Waals surface area contributed by atoms with Gasteiger partial charge in [-0.25, -0.2) is 4.39 Å². The van der Waals surface area contributed by atoms with E-state index in [-0.39, 0.29) is 5.82 Å². The van der Waals surface area contributed by atoms with Gasteiger partial charge in [0.25, 0.3) is 0 Å². The molecule has 0 aromatic heterocycles. The maximum Gasteiger partial charge on any atom is 0.129 e. The second-order valence-electron chi connectivity index (χ2n) is 8.10. The first-order chi connectivity index (χ1) is 12.2. The molecule has 0 heterocycles. The van der Waals surface area contributed by atoms with Gasteiger partial charge in [-0.2, -0.15) is 0 Å². The van der Waals surface area contributed by atoms with E-state index in [1.54, 1.807) is 13.2 Å². The molecule has 25 heavy (non-hydrogen) atoms. The summed E-state index contributed by atoms with van der Waals surface area (Å²) in [7, 11) is 1.61. The Kier molecular flexibility index (Phi) is 6.70. The molecule has 138 valence electrons. The Morgan fingerprint density at radius 1 is 1.00 bits per heavy atom. The van der Waals surface area contributed by atoms with Crippen LogP contribution in [0.4, 0.5) is 4.39 Å². The highest BCUT2D eigenvalue weighted by atomic mass is 19.1. The molecule has 0 aliphatic heterocycles. The molecular weight excluding hydrogens is 311 g/mol. The highest BCUT2D eigenvalue weighted by Crippen LogP contribution is 2.44. The molecule has 0 N–H and O–H groups in total. The monoisotopic (exact) mass is 344 g/mol. The van der Waals surface area contributed by atoms with Crippen molar-refractivity contribution in [2.45, 2.75) is 70.8 Å². The summed E-state index contributed by atoms with van der Waals surface area (Å²) in [6, 6.07) is 5.77. The van der Waals surface area contributed by atoms with Gasteiger partial charge in [-0.05, 0) is 93.6 Å². The van der Waals surface area contributed by atoms with E-state index in [1.807, 2.05) is 6.07 Å². The van der Waals surface area contributed by atoms with E-state index in [2.05, 4.69) is 25.1 Å². The quantitative estimate of drug-likeness (QED) is 0.545. The molecule has 0 unspecified atom stereocenters. The van der Waals surface area contributed by atoms with Gasteiger partial charge >= 0.3 is 0 Å². The molecule has 2 saturated carbocycles. The normalized spacial score (nSPS) is 30.7. The van der Waals surface area contributed by atoms with E-state index in [0.29, 0.717) is 18.1 Å². The van der Waals surface area contributed by atoms with Crippen LogP contribution in [-0.4, -0.2) is 7.11 Å². The number of hydrogen-bond acceptors (Lipinski definition) is 1. The van der Waals surface area contributed by atoms with Crippen molar-refractivity contribution in [2.75, 3.05) is 7.11 Å². The summed E-state index contributed by atoms with van der Waals surface area (Å²) < 4.78 is 19.2. The predicted octanol–water partition coefficient (Wildman–Crippen LogP) is 6.63. The van der Waals surface area contributed by atoms with Gasteiger partial charge in [0.2, 0.25) is 0 Å². The van der Waals surface area contributed by atoms with Crippen molar-refractivity contribution in [1.29, 1.82) is 0 Å². The lowest BCUT2D eigenvalue weighted by Crippen LogP contribution is -2.25. The van der Waals surface area contributed by atoms with E-state index in [9.17, 15) is 4.39 Å². The van der Waals surface area contributed by atoms with Crippen LogP contribution < -0.4 is 0 Å². The molecule has 2 heteroatoms. The van der Waals surface area contributed by atoms with Crippen LogP contribution in [0.5, 0.6) is 0 Å². The third kappa shape index (κ3) is 4.73. The van der Waals surface area contributed by atoms with Gasteiger partial charge < -0.3 is 4.74 Å². The first-order valence-corrected chi connectivity index (χ1v) is 10.1. The van der Waals surface area contributed by atoms with Gasteiger partial charge in [0.05, 0.1) is 6.61 Å². The molecule has 0 spiro atoms. The first kappa shape index (κ1) is 18.6. The van der Waals surface area contributed by atoms with E-state index in [0.717, 1.165) is 17.8 Å². The summed E-state index contributed by atoms with van der Waals surface area (Å²) in [5.74, 6) is 3.10. The van der Waals surface area contributed by atoms with Crippen LogP contribution in [0.3, 0.4) is 0 Å².